The number of nitrogens with one attached hydrogen (secondary N) is 1. The van der Waals surface area contributed by atoms with E-state index in [1.165, 1.54) is 28.2 Å². The number of amides is 1. The van der Waals surface area contributed by atoms with Crippen molar-refractivity contribution in [2.45, 2.75) is 44.4 Å². The van der Waals surface area contributed by atoms with E-state index < -0.39 is 5.79 Å². The molecular formula is C20H21N5O4. The molecule has 1 aromatic carbocycles. The quantitative estimate of drug-likeness (QED) is 0.730. The fourth-order valence-corrected chi connectivity index (χ4v) is 4.00. The Morgan fingerprint density at radius 1 is 1.21 bits per heavy atom. The first-order valence-corrected chi connectivity index (χ1v) is 9.72. The highest BCUT2D eigenvalue weighted by molar-refractivity contribution is 5.91. The lowest BCUT2D eigenvalue weighted by atomic mass is 9.94. The minimum Gasteiger partial charge on any atom is -0.448 e. The Kier molecular flexibility index (Phi) is 4.04. The number of nitrogens with zero attached hydrogens (tertiary/aromatic N) is 4. The first-order chi connectivity index (χ1) is 14.0. The van der Waals surface area contributed by atoms with Gasteiger partial charge in [0.25, 0.3) is 11.3 Å². The number of aromatic nitrogens is 4. The normalized spacial score (nSPS) is 17.0. The molecule has 1 spiro atoms. The summed E-state index contributed by atoms with van der Waals surface area (Å²) in [6, 6.07) is 5.35. The van der Waals surface area contributed by atoms with Crippen LogP contribution in [0.2, 0.25) is 0 Å². The van der Waals surface area contributed by atoms with Crippen LogP contribution < -0.4 is 20.3 Å². The summed E-state index contributed by atoms with van der Waals surface area (Å²) < 4.78 is 14.9. The number of rotatable bonds is 3. The first kappa shape index (κ1) is 17.7. The molecule has 2 aromatic heterocycles. The minimum absolute atomic E-state index is 0.144. The van der Waals surface area contributed by atoms with Gasteiger partial charge in [0.2, 0.25) is 5.91 Å². The van der Waals surface area contributed by atoms with Crippen molar-refractivity contribution in [1.82, 2.24) is 19.3 Å². The van der Waals surface area contributed by atoms with E-state index in [0.29, 0.717) is 28.2 Å². The predicted octanol–water partition coefficient (Wildman–Crippen LogP) is 2.20. The third kappa shape index (κ3) is 3.12. The molecule has 150 valence electrons. The largest absolute Gasteiger partial charge is 0.448 e. The molecule has 9 nitrogen and oxygen atoms in total. The second-order valence-electron chi connectivity index (χ2n) is 7.57. The third-order valence-corrected chi connectivity index (χ3v) is 5.47. The predicted molar refractivity (Wildman–Crippen MR) is 105 cm³/mol. The van der Waals surface area contributed by atoms with Gasteiger partial charge in [-0.2, -0.15) is 5.10 Å². The highest BCUT2D eigenvalue weighted by Crippen LogP contribution is 2.46. The SMILES string of the molecule is Cn1ncc2c(=O)n(CC(=O)Nc3ccc4c(c3)OC3(CCCCC3)O4)cnc21. The fourth-order valence-electron chi connectivity index (χ4n) is 4.00. The van der Waals surface area contributed by atoms with Crippen LogP contribution in [0.3, 0.4) is 0 Å². The summed E-state index contributed by atoms with van der Waals surface area (Å²) in [5, 5.41) is 7.22. The smallest absolute Gasteiger partial charge is 0.264 e. The third-order valence-electron chi connectivity index (χ3n) is 5.47. The topological polar surface area (TPSA) is 100 Å². The maximum Gasteiger partial charge on any atom is 0.264 e. The Morgan fingerprint density at radius 3 is 2.83 bits per heavy atom. The van der Waals surface area contributed by atoms with Crippen LogP contribution in [0.25, 0.3) is 11.0 Å². The van der Waals surface area contributed by atoms with Crippen LogP contribution in [0.15, 0.2) is 35.5 Å². The van der Waals surface area contributed by atoms with E-state index >= 15 is 0 Å². The van der Waals surface area contributed by atoms with Gasteiger partial charge in [-0.05, 0) is 25.0 Å². The van der Waals surface area contributed by atoms with E-state index in [1.54, 1.807) is 19.2 Å². The number of hydrogen-bond donors (Lipinski definition) is 1. The Balaban J connectivity index is 1.31. The van der Waals surface area contributed by atoms with Gasteiger partial charge in [-0.1, -0.05) is 6.42 Å². The summed E-state index contributed by atoms with van der Waals surface area (Å²) in [7, 11) is 1.71. The zero-order valence-corrected chi connectivity index (χ0v) is 16.1. The van der Waals surface area contributed by atoms with Crippen LogP contribution in [-0.4, -0.2) is 31.0 Å². The van der Waals surface area contributed by atoms with Crippen molar-refractivity contribution in [2.24, 2.45) is 7.05 Å². The van der Waals surface area contributed by atoms with E-state index in [-0.39, 0.29) is 18.0 Å². The number of anilines is 1. The Bertz CT molecular complexity index is 1160. The molecule has 1 N–H and O–H groups in total. The van der Waals surface area contributed by atoms with Crippen molar-refractivity contribution in [2.75, 3.05) is 5.32 Å². The molecule has 1 aliphatic carbocycles. The van der Waals surface area contributed by atoms with Crippen LogP contribution in [0.1, 0.15) is 32.1 Å². The molecule has 1 amide bonds. The van der Waals surface area contributed by atoms with Crippen LogP contribution >= 0.6 is 0 Å². The second kappa shape index (κ2) is 6.61. The Labute approximate surface area is 166 Å². The van der Waals surface area contributed by atoms with E-state index in [1.807, 2.05) is 6.07 Å². The minimum atomic E-state index is -0.554. The highest BCUT2D eigenvalue weighted by atomic mass is 16.7. The van der Waals surface area contributed by atoms with Crippen molar-refractivity contribution in [3.63, 3.8) is 0 Å². The molecule has 0 atom stereocenters. The molecular weight excluding hydrogens is 374 g/mol. The Morgan fingerprint density at radius 2 is 2.00 bits per heavy atom. The zero-order chi connectivity index (χ0) is 20.0. The van der Waals surface area contributed by atoms with Gasteiger partial charge in [-0.3, -0.25) is 18.8 Å². The van der Waals surface area contributed by atoms with Gasteiger partial charge in [0.05, 0.1) is 6.20 Å². The second-order valence-corrected chi connectivity index (χ2v) is 7.57. The Hall–Kier alpha value is -3.36. The number of carbonyl (C=O) groups excluding carboxylic acids is 1. The lowest BCUT2D eigenvalue weighted by molar-refractivity contribution is -0.116. The fraction of sp³-hybridized carbons (Fsp3) is 0.400. The molecule has 2 aliphatic rings. The van der Waals surface area contributed by atoms with E-state index in [0.717, 1.165) is 25.7 Å². The number of aryl methyl sites for hydroxylation is 1. The maximum absolute atomic E-state index is 12.5. The lowest BCUT2D eigenvalue weighted by Crippen LogP contribution is -2.40. The number of hydrogen-bond acceptors (Lipinski definition) is 6. The zero-order valence-electron chi connectivity index (χ0n) is 16.1. The maximum atomic E-state index is 12.5. The molecule has 3 heterocycles. The van der Waals surface area contributed by atoms with Gasteiger partial charge in [0.1, 0.15) is 18.3 Å². The van der Waals surface area contributed by atoms with E-state index in [4.69, 9.17) is 9.47 Å². The van der Waals surface area contributed by atoms with Crippen molar-refractivity contribution >= 4 is 22.6 Å². The standard InChI is InChI=1S/C20H21N5O4/c1-24-18-14(10-22-24)19(27)25(12-21-18)11-17(26)23-13-5-6-15-16(9-13)29-20(28-15)7-3-2-4-8-20/h5-6,9-10,12H,2-4,7-8,11H2,1H3,(H,23,26). The summed E-state index contributed by atoms with van der Waals surface area (Å²) in [6.45, 7) is -0.144. The molecule has 1 fully saturated rings. The van der Waals surface area contributed by atoms with Gasteiger partial charge >= 0.3 is 0 Å². The molecule has 0 saturated heterocycles. The molecule has 0 radical (unpaired) electrons. The molecule has 0 unspecified atom stereocenters. The molecule has 9 heteroatoms. The average Bonchev–Trinajstić information content (AvgIpc) is 3.25. The molecule has 1 aliphatic heterocycles. The molecule has 3 aromatic rings. The lowest BCUT2D eigenvalue weighted by Gasteiger charge is -2.31. The van der Waals surface area contributed by atoms with Gasteiger partial charge < -0.3 is 14.8 Å². The van der Waals surface area contributed by atoms with Gasteiger partial charge in [0.15, 0.2) is 17.1 Å². The van der Waals surface area contributed by atoms with Crippen LogP contribution in [0.5, 0.6) is 11.5 Å². The number of ether oxygens (including phenoxy) is 2. The summed E-state index contributed by atoms with van der Waals surface area (Å²) in [4.78, 5) is 29.2. The van der Waals surface area contributed by atoms with Crippen LogP contribution in [-0.2, 0) is 18.4 Å². The average molecular weight is 395 g/mol. The van der Waals surface area contributed by atoms with E-state index in [9.17, 15) is 9.59 Å². The molecule has 29 heavy (non-hydrogen) atoms. The van der Waals surface area contributed by atoms with Gasteiger partial charge in [-0.15, -0.1) is 0 Å². The van der Waals surface area contributed by atoms with Crippen molar-refractivity contribution in [3.8, 4) is 11.5 Å². The summed E-state index contributed by atoms with van der Waals surface area (Å²) in [6.07, 6.45) is 7.93. The summed E-state index contributed by atoms with van der Waals surface area (Å²) in [5.74, 6) is 0.456. The monoisotopic (exact) mass is 395 g/mol. The molecule has 0 bridgehead atoms. The van der Waals surface area contributed by atoms with Crippen LogP contribution in [0.4, 0.5) is 5.69 Å². The van der Waals surface area contributed by atoms with Gasteiger partial charge in [0, 0.05) is 31.6 Å². The first-order valence-electron chi connectivity index (χ1n) is 9.72. The van der Waals surface area contributed by atoms with Gasteiger partial charge in [-0.25, -0.2) is 4.98 Å². The number of carbonyl (C=O) groups is 1. The number of benzene rings is 1. The summed E-state index contributed by atoms with van der Waals surface area (Å²) in [5.41, 5.74) is 0.774. The highest BCUT2D eigenvalue weighted by Gasteiger charge is 2.42. The van der Waals surface area contributed by atoms with E-state index in [2.05, 4.69) is 15.4 Å². The molecule has 5 rings (SSSR count). The van der Waals surface area contributed by atoms with Crippen molar-refractivity contribution in [3.05, 3.63) is 41.1 Å². The van der Waals surface area contributed by atoms with Crippen molar-refractivity contribution in [1.29, 1.82) is 0 Å². The number of fused-ring (bicyclic) bond motifs is 2. The molecule has 1 saturated carbocycles. The van der Waals surface area contributed by atoms with Crippen molar-refractivity contribution < 1.29 is 14.3 Å². The van der Waals surface area contributed by atoms with Crippen LogP contribution in [0, 0.1) is 0 Å². The summed E-state index contributed by atoms with van der Waals surface area (Å²) >= 11 is 0.